The van der Waals surface area contributed by atoms with Gasteiger partial charge >= 0.3 is 0 Å². The zero-order valence-electron chi connectivity index (χ0n) is 15.4. The topological polar surface area (TPSA) is 55.4 Å². The molecule has 0 fully saturated rings. The van der Waals surface area contributed by atoms with Gasteiger partial charge in [-0.15, -0.1) is 0 Å². The van der Waals surface area contributed by atoms with Crippen molar-refractivity contribution in [3.8, 4) is 5.75 Å². The van der Waals surface area contributed by atoms with Gasteiger partial charge in [-0.05, 0) is 49.7 Å². The van der Waals surface area contributed by atoms with E-state index in [1.165, 1.54) is 0 Å². The Bertz CT molecular complexity index is 944. The van der Waals surface area contributed by atoms with Crippen LogP contribution in [0.2, 0.25) is 0 Å². The molecule has 0 unspecified atom stereocenters. The summed E-state index contributed by atoms with van der Waals surface area (Å²) >= 11 is 0. The van der Waals surface area contributed by atoms with Crippen molar-refractivity contribution in [2.45, 2.75) is 13.8 Å². The van der Waals surface area contributed by atoms with Crippen molar-refractivity contribution in [1.82, 2.24) is 0 Å². The largest absolute Gasteiger partial charge is 0.485 e. The number of amides is 1. The molecule has 1 N–H and O–H groups in total. The van der Waals surface area contributed by atoms with Crippen molar-refractivity contribution >= 4 is 17.4 Å². The quantitative estimate of drug-likeness (QED) is 0.642. The predicted molar refractivity (Wildman–Crippen MR) is 107 cm³/mol. The van der Waals surface area contributed by atoms with Gasteiger partial charge in [-0.1, -0.05) is 48.0 Å². The number of hydrogen-bond donors (Lipinski definition) is 1. The van der Waals surface area contributed by atoms with E-state index < -0.39 is 0 Å². The number of carbonyl (C=O) groups excluding carboxylic acids is 2. The minimum absolute atomic E-state index is 0.0298. The van der Waals surface area contributed by atoms with E-state index in [2.05, 4.69) is 5.32 Å². The van der Waals surface area contributed by atoms with Crippen molar-refractivity contribution in [3.63, 3.8) is 0 Å². The highest BCUT2D eigenvalue weighted by Crippen LogP contribution is 2.18. The van der Waals surface area contributed by atoms with Crippen LogP contribution in [-0.2, 0) is 0 Å². The van der Waals surface area contributed by atoms with Gasteiger partial charge in [0.1, 0.15) is 5.75 Å². The summed E-state index contributed by atoms with van der Waals surface area (Å²) in [4.78, 5) is 24.5. The first-order valence-electron chi connectivity index (χ1n) is 8.72. The third-order valence-corrected chi connectivity index (χ3v) is 4.25. The molecule has 3 aromatic rings. The van der Waals surface area contributed by atoms with Gasteiger partial charge < -0.3 is 10.1 Å². The summed E-state index contributed by atoms with van der Waals surface area (Å²) in [7, 11) is 0. The Morgan fingerprint density at radius 3 is 2.19 bits per heavy atom. The first kappa shape index (κ1) is 18.4. The second kappa shape index (κ2) is 8.32. The van der Waals surface area contributed by atoms with Crippen LogP contribution in [0.1, 0.15) is 31.8 Å². The molecule has 0 saturated carbocycles. The van der Waals surface area contributed by atoms with Crippen molar-refractivity contribution in [2.75, 3.05) is 11.9 Å². The van der Waals surface area contributed by atoms with E-state index in [0.29, 0.717) is 22.6 Å². The molecule has 136 valence electrons. The molecule has 1 amide bonds. The van der Waals surface area contributed by atoms with Gasteiger partial charge in [0.15, 0.2) is 12.4 Å². The molecule has 0 saturated heterocycles. The molecule has 0 aliphatic carbocycles. The van der Waals surface area contributed by atoms with Crippen LogP contribution in [0.5, 0.6) is 5.75 Å². The molecule has 0 aliphatic rings. The number of hydrogen-bond acceptors (Lipinski definition) is 3. The Balaban J connectivity index is 1.57. The van der Waals surface area contributed by atoms with Crippen LogP contribution in [0.25, 0.3) is 0 Å². The van der Waals surface area contributed by atoms with E-state index >= 15 is 0 Å². The van der Waals surface area contributed by atoms with Crippen molar-refractivity contribution in [1.29, 1.82) is 0 Å². The Morgan fingerprint density at radius 2 is 1.52 bits per heavy atom. The molecule has 0 aliphatic heterocycles. The number of Topliss-reactive ketones (excluding diaryl/α,β-unsaturated/α-hetero) is 1. The zero-order chi connectivity index (χ0) is 19.2. The lowest BCUT2D eigenvalue weighted by Crippen LogP contribution is -2.13. The highest BCUT2D eigenvalue weighted by atomic mass is 16.5. The Labute approximate surface area is 158 Å². The molecule has 4 nitrogen and oxygen atoms in total. The second-order valence-corrected chi connectivity index (χ2v) is 6.37. The van der Waals surface area contributed by atoms with Crippen LogP contribution in [0.4, 0.5) is 5.69 Å². The molecule has 0 bridgehead atoms. The molecule has 4 heteroatoms. The van der Waals surface area contributed by atoms with Gasteiger partial charge in [0.05, 0.1) is 0 Å². The van der Waals surface area contributed by atoms with Crippen molar-refractivity contribution < 1.29 is 14.3 Å². The monoisotopic (exact) mass is 359 g/mol. The smallest absolute Gasteiger partial charge is 0.255 e. The number of ether oxygens (including phenoxy) is 1. The summed E-state index contributed by atoms with van der Waals surface area (Å²) in [6, 6.07) is 21.8. The summed E-state index contributed by atoms with van der Waals surface area (Å²) in [6.45, 7) is 3.85. The Morgan fingerprint density at radius 1 is 0.852 bits per heavy atom. The van der Waals surface area contributed by atoms with Crippen LogP contribution >= 0.6 is 0 Å². The zero-order valence-corrected chi connectivity index (χ0v) is 15.4. The summed E-state index contributed by atoms with van der Waals surface area (Å²) in [5.41, 5.74) is 3.96. The number of anilines is 1. The summed E-state index contributed by atoms with van der Waals surface area (Å²) in [5.74, 6) is 0.340. The highest BCUT2D eigenvalue weighted by Gasteiger charge is 2.09. The Kier molecular flexibility index (Phi) is 5.67. The highest BCUT2D eigenvalue weighted by molar-refractivity contribution is 6.05. The van der Waals surface area contributed by atoms with Crippen LogP contribution in [0.3, 0.4) is 0 Å². The maximum atomic E-state index is 12.3. The lowest BCUT2D eigenvalue weighted by molar-refractivity contribution is 0.0921. The first-order chi connectivity index (χ1) is 13.0. The number of ketones is 1. The minimum atomic E-state index is -0.156. The average Bonchev–Trinajstić information content (AvgIpc) is 2.68. The van der Waals surface area contributed by atoms with E-state index in [9.17, 15) is 9.59 Å². The predicted octanol–water partition coefficient (Wildman–Crippen LogP) is 4.82. The number of benzene rings is 3. The number of nitrogens with one attached hydrogen (secondary N) is 1. The van der Waals surface area contributed by atoms with E-state index in [0.717, 1.165) is 11.1 Å². The molecular weight excluding hydrogens is 338 g/mol. The minimum Gasteiger partial charge on any atom is -0.485 e. The Hall–Kier alpha value is -3.40. The molecule has 3 rings (SSSR count). The molecule has 0 atom stereocenters. The fourth-order valence-corrected chi connectivity index (χ4v) is 2.63. The molecule has 27 heavy (non-hydrogen) atoms. The number of rotatable bonds is 6. The first-order valence-corrected chi connectivity index (χ1v) is 8.72. The molecule has 0 spiro atoms. The standard InChI is InChI=1S/C23H21NO3/c1-16-7-9-18(10-8-16)22(25)15-27-20-13-11-19(12-14-20)24-23(26)21-6-4-3-5-17(21)2/h3-14H,15H2,1-2H3,(H,24,26). The van der Waals surface area contributed by atoms with E-state index in [1.54, 1.807) is 42.5 Å². The number of aryl methyl sites for hydroxylation is 2. The maximum absolute atomic E-state index is 12.3. The lowest BCUT2D eigenvalue weighted by Gasteiger charge is -2.09. The molecule has 0 aromatic heterocycles. The molecule has 0 heterocycles. The van der Waals surface area contributed by atoms with Gasteiger partial charge in [0, 0.05) is 16.8 Å². The van der Waals surface area contributed by atoms with Gasteiger partial charge in [-0.2, -0.15) is 0 Å². The maximum Gasteiger partial charge on any atom is 0.255 e. The second-order valence-electron chi connectivity index (χ2n) is 6.37. The van der Waals surface area contributed by atoms with E-state index in [4.69, 9.17) is 4.74 Å². The van der Waals surface area contributed by atoms with Gasteiger partial charge in [-0.25, -0.2) is 0 Å². The van der Waals surface area contributed by atoms with Gasteiger partial charge in [0.2, 0.25) is 0 Å². The van der Waals surface area contributed by atoms with Crippen LogP contribution < -0.4 is 10.1 Å². The van der Waals surface area contributed by atoms with Crippen LogP contribution in [-0.4, -0.2) is 18.3 Å². The average molecular weight is 359 g/mol. The SMILES string of the molecule is Cc1ccc(C(=O)COc2ccc(NC(=O)c3ccccc3C)cc2)cc1. The summed E-state index contributed by atoms with van der Waals surface area (Å²) in [5, 5.41) is 2.86. The van der Waals surface area contributed by atoms with Gasteiger partial charge in [-0.3, -0.25) is 9.59 Å². The molecular formula is C23H21NO3. The fraction of sp³-hybridized carbons (Fsp3) is 0.130. The summed E-state index contributed by atoms with van der Waals surface area (Å²) in [6.07, 6.45) is 0. The third-order valence-electron chi connectivity index (χ3n) is 4.25. The van der Waals surface area contributed by atoms with E-state index in [1.807, 2.05) is 44.2 Å². The number of carbonyl (C=O) groups is 2. The van der Waals surface area contributed by atoms with Crippen LogP contribution in [0, 0.1) is 13.8 Å². The third kappa shape index (κ3) is 4.82. The molecule has 3 aromatic carbocycles. The molecule has 0 radical (unpaired) electrons. The van der Waals surface area contributed by atoms with Crippen molar-refractivity contribution in [2.24, 2.45) is 0 Å². The van der Waals surface area contributed by atoms with Crippen LogP contribution in [0.15, 0.2) is 72.8 Å². The van der Waals surface area contributed by atoms with Gasteiger partial charge in [0.25, 0.3) is 5.91 Å². The van der Waals surface area contributed by atoms with Crippen molar-refractivity contribution in [3.05, 3.63) is 95.1 Å². The fourth-order valence-electron chi connectivity index (χ4n) is 2.63. The van der Waals surface area contributed by atoms with E-state index in [-0.39, 0.29) is 18.3 Å². The lowest BCUT2D eigenvalue weighted by atomic mass is 10.1. The normalized spacial score (nSPS) is 10.3. The summed E-state index contributed by atoms with van der Waals surface area (Å²) < 4.78 is 5.55.